The third kappa shape index (κ3) is 2.98. The molecule has 1 aromatic heterocycles. The number of benzene rings is 6. The zero-order valence-electron chi connectivity index (χ0n) is 23.4. The Balaban J connectivity index is 1.26. The average Bonchev–Trinajstić information content (AvgIpc) is 3.64. The molecular weight excluding hydrogens is 508 g/mol. The summed E-state index contributed by atoms with van der Waals surface area (Å²) in [6.07, 6.45) is 9.13. The highest BCUT2D eigenvalue weighted by molar-refractivity contribution is 6.17. The van der Waals surface area contributed by atoms with Gasteiger partial charge in [-0.15, -0.1) is 0 Å². The van der Waals surface area contributed by atoms with Crippen LogP contribution in [-0.2, 0) is 11.8 Å². The van der Waals surface area contributed by atoms with Crippen LogP contribution in [0.1, 0.15) is 46.1 Å². The first-order valence-electron chi connectivity index (χ1n) is 14.8. The van der Waals surface area contributed by atoms with Crippen molar-refractivity contribution in [3.8, 4) is 11.1 Å². The molecule has 1 heterocycles. The van der Waals surface area contributed by atoms with Gasteiger partial charge < -0.3 is 4.42 Å². The summed E-state index contributed by atoms with van der Waals surface area (Å²) in [5.41, 5.74) is 11.3. The summed E-state index contributed by atoms with van der Waals surface area (Å²) in [7, 11) is 0. The molecular formula is C41H28O. The Hall–Kier alpha value is -5.14. The minimum Gasteiger partial charge on any atom is -0.460 e. The van der Waals surface area contributed by atoms with Gasteiger partial charge in [-0.05, 0) is 73.5 Å². The fourth-order valence-corrected chi connectivity index (χ4v) is 7.83. The Bertz CT molecular complexity index is 2230. The fraction of sp³-hybridized carbons (Fsp3) is 0.0732. The Morgan fingerprint density at radius 2 is 1.31 bits per heavy atom. The lowest BCUT2D eigenvalue weighted by Crippen LogP contribution is -2.26. The van der Waals surface area contributed by atoms with Gasteiger partial charge in [0.05, 0.1) is 5.41 Å². The lowest BCUT2D eigenvalue weighted by Gasteiger charge is -2.30. The minimum absolute atomic E-state index is 0.313. The van der Waals surface area contributed by atoms with E-state index in [1.165, 1.54) is 60.5 Å². The van der Waals surface area contributed by atoms with Crippen molar-refractivity contribution in [3.63, 3.8) is 0 Å². The molecule has 0 saturated carbocycles. The van der Waals surface area contributed by atoms with Gasteiger partial charge in [-0.3, -0.25) is 0 Å². The van der Waals surface area contributed by atoms with E-state index < -0.39 is 0 Å². The topological polar surface area (TPSA) is 13.1 Å². The van der Waals surface area contributed by atoms with Crippen LogP contribution in [-0.4, -0.2) is 0 Å². The predicted molar refractivity (Wildman–Crippen MR) is 175 cm³/mol. The maximum atomic E-state index is 6.46. The van der Waals surface area contributed by atoms with E-state index in [4.69, 9.17) is 4.42 Å². The van der Waals surface area contributed by atoms with Gasteiger partial charge in [0.1, 0.15) is 11.3 Å². The van der Waals surface area contributed by atoms with Gasteiger partial charge in [-0.1, -0.05) is 133 Å². The third-order valence-corrected chi connectivity index (χ3v) is 9.44. The molecule has 0 N–H and O–H groups in total. The predicted octanol–water partition coefficient (Wildman–Crippen LogP) is 10.6. The van der Waals surface area contributed by atoms with Crippen molar-refractivity contribution in [1.82, 2.24) is 0 Å². The first-order valence-corrected chi connectivity index (χ1v) is 14.8. The molecule has 0 aliphatic heterocycles. The van der Waals surface area contributed by atoms with Crippen LogP contribution in [0.3, 0.4) is 0 Å². The second kappa shape index (κ2) is 8.68. The van der Waals surface area contributed by atoms with Crippen molar-refractivity contribution in [2.24, 2.45) is 0 Å². The van der Waals surface area contributed by atoms with Crippen molar-refractivity contribution in [3.05, 3.63) is 173 Å². The Morgan fingerprint density at radius 1 is 0.619 bits per heavy atom. The molecule has 7 aromatic rings. The number of para-hydroxylation sites is 1. The Kier molecular flexibility index (Phi) is 4.87. The largest absolute Gasteiger partial charge is 0.460 e. The van der Waals surface area contributed by atoms with Crippen LogP contribution >= 0.6 is 0 Å². The van der Waals surface area contributed by atoms with Crippen molar-refractivity contribution < 1.29 is 4.42 Å². The minimum atomic E-state index is -0.313. The van der Waals surface area contributed by atoms with Crippen LogP contribution in [0, 0.1) is 0 Å². The highest BCUT2D eigenvalue weighted by Gasteiger charge is 2.50. The molecule has 0 bridgehead atoms. The van der Waals surface area contributed by atoms with E-state index in [1.807, 2.05) is 13.0 Å². The van der Waals surface area contributed by atoms with Crippen LogP contribution in [0.2, 0.25) is 0 Å². The second-order valence-electron chi connectivity index (χ2n) is 11.5. The summed E-state index contributed by atoms with van der Waals surface area (Å²) >= 11 is 0. The molecule has 42 heavy (non-hydrogen) atoms. The molecule has 1 nitrogen and oxygen atoms in total. The molecule has 1 heteroatoms. The molecule has 198 valence electrons. The molecule has 0 radical (unpaired) electrons. The smallest absolute Gasteiger partial charge is 0.134 e. The summed E-state index contributed by atoms with van der Waals surface area (Å²) < 4.78 is 6.46. The summed E-state index contributed by atoms with van der Waals surface area (Å²) in [5, 5.41) is 6.59. The summed E-state index contributed by atoms with van der Waals surface area (Å²) in [5.74, 6) is 1.00. The standard InChI is InChI=1S/C41H28O/c1-2-3-4-14-31-30-15-6-8-19-37(30)42-38(31)25-26-20-23-34-32(24-26)29-13-5-7-16-33(29)41(34)35-17-9-11-27-21-22-28-12-10-18-36(41)40(28)39(27)35/h2-24H,25H2,1H3/b3-2+,14-4-. The van der Waals surface area contributed by atoms with E-state index in [1.54, 1.807) is 0 Å². The molecule has 6 aromatic carbocycles. The molecule has 0 amide bonds. The normalized spacial score (nSPS) is 14.4. The quantitative estimate of drug-likeness (QED) is 0.161. The molecule has 2 aliphatic carbocycles. The van der Waals surface area contributed by atoms with E-state index >= 15 is 0 Å². The van der Waals surface area contributed by atoms with Crippen LogP contribution < -0.4 is 0 Å². The molecule has 1 spiro atoms. The lowest BCUT2D eigenvalue weighted by molar-refractivity contribution is 0.561. The number of fused-ring (bicyclic) bond motifs is 8. The molecule has 9 rings (SSSR count). The number of allylic oxidation sites excluding steroid dienone is 3. The summed E-state index contributed by atoms with van der Waals surface area (Å²) in [4.78, 5) is 0. The van der Waals surface area contributed by atoms with Crippen LogP contribution in [0.25, 0.3) is 49.7 Å². The van der Waals surface area contributed by atoms with E-state index in [-0.39, 0.29) is 5.41 Å². The summed E-state index contributed by atoms with van der Waals surface area (Å²) in [6.45, 7) is 2.04. The average molecular weight is 537 g/mol. The first-order chi connectivity index (χ1) is 20.8. The SMILES string of the molecule is C/C=C/C=C\c1c(Cc2ccc3c(c2)-c2ccccc2C32c3cccc4ccc5cccc2c5c34)oc2ccccc12. The van der Waals surface area contributed by atoms with E-state index in [0.717, 1.165) is 28.7 Å². The lowest BCUT2D eigenvalue weighted by atomic mass is 9.70. The zero-order chi connectivity index (χ0) is 27.8. The molecule has 0 fully saturated rings. The third-order valence-electron chi connectivity index (χ3n) is 9.44. The Morgan fingerprint density at radius 3 is 2.10 bits per heavy atom. The highest BCUT2D eigenvalue weighted by atomic mass is 16.3. The number of hydrogen-bond donors (Lipinski definition) is 0. The number of furan rings is 1. The first kappa shape index (κ1) is 23.6. The monoisotopic (exact) mass is 536 g/mol. The highest BCUT2D eigenvalue weighted by Crippen LogP contribution is 2.62. The van der Waals surface area contributed by atoms with E-state index in [0.29, 0.717) is 0 Å². The maximum Gasteiger partial charge on any atom is 0.134 e. The van der Waals surface area contributed by atoms with E-state index in [2.05, 4.69) is 133 Å². The van der Waals surface area contributed by atoms with Gasteiger partial charge in [-0.2, -0.15) is 0 Å². The van der Waals surface area contributed by atoms with Crippen LogP contribution in [0.5, 0.6) is 0 Å². The van der Waals surface area contributed by atoms with Gasteiger partial charge >= 0.3 is 0 Å². The van der Waals surface area contributed by atoms with Gasteiger partial charge in [0.2, 0.25) is 0 Å². The second-order valence-corrected chi connectivity index (χ2v) is 11.5. The van der Waals surface area contributed by atoms with Crippen LogP contribution in [0.15, 0.2) is 138 Å². The van der Waals surface area contributed by atoms with Crippen LogP contribution in [0.4, 0.5) is 0 Å². The molecule has 2 aliphatic rings. The number of rotatable bonds is 4. The zero-order valence-corrected chi connectivity index (χ0v) is 23.4. The molecule has 0 unspecified atom stereocenters. The molecule has 0 saturated heterocycles. The fourth-order valence-electron chi connectivity index (χ4n) is 7.83. The van der Waals surface area contributed by atoms with Gasteiger partial charge in [-0.25, -0.2) is 0 Å². The molecule has 0 atom stereocenters. The maximum absolute atomic E-state index is 6.46. The van der Waals surface area contributed by atoms with E-state index in [9.17, 15) is 0 Å². The summed E-state index contributed by atoms with van der Waals surface area (Å²) in [6, 6.07) is 42.8. The van der Waals surface area contributed by atoms with Crippen molar-refractivity contribution in [2.75, 3.05) is 0 Å². The Labute approximate surface area is 245 Å². The van der Waals surface area contributed by atoms with Crippen molar-refractivity contribution in [1.29, 1.82) is 0 Å². The van der Waals surface area contributed by atoms with Crippen molar-refractivity contribution >= 4 is 38.6 Å². The number of hydrogen-bond acceptors (Lipinski definition) is 1. The van der Waals surface area contributed by atoms with Gasteiger partial charge in [0, 0.05) is 17.4 Å². The van der Waals surface area contributed by atoms with Crippen molar-refractivity contribution in [2.45, 2.75) is 18.8 Å². The van der Waals surface area contributed by atoms with Gasteiger partial charge in [0.15, 0.2) is 0 Å². The van der Waals surface area contributed by atoms with Gasteiger partial charge in [0.25, 0.3) is 0 Å².